The molecule has 1 aliphatic rings. The predicted octanol–water partition coefficient (Wildman–Crippen LogP) is 6.74. The van der Waals surface area contributed by atoms with Crippen molar-refractivity contribution < 1.29 is 9.53 Å². The molecule has 1 aliphatic carbocycles. The van der Waals surface area contributed by atoms with Crippen LogP contribution in [0.4, 0.5) is 5.00 Å². The molecule has 1 aromatic carbocycles. The highest BCUT2D eigenvalue weighted by Crippen LogP contribution is 2.44. The largest absolute Gasteiger partial charge is 0.495 e. The van der Waals surface area contributed by atoms with Crippen LogP contribution in [0, 0.1) is 22.7 Å². The second-order valence-electron chi connectivity index (χ2n) is 8.46. The van der Waals surface area contributed by atoms with E-state index in [2.05, 4.69) is 32.2 Å². The fourth-order valence-corrected chi connectivity index (χ4v) is 5.64. The van der Waals surface area contributed by atoms with Crippen molar-refractivity contribution >= 4 is 51.5 Å². The second-order valence-corrected chi connectivity index (χ2v) is 10.4. The van der Waals surface area contributed by atoms with Crippen LogP contribution < -0.4 is 10.1 Å². The molecule has 2 aromatic rings. The molecule has 1 N–H and O–H groups in total. The summed E-state index contributed by atoms with van der Waals surface area (Å²) in [6.07, 6.45) is 5.87. The number of nitriles is 1. The molecule has 30 heavy (non-hydrogen) atoms. The quantitative estimate of drug-likeness (QED) is 0.511. The van der Waals surface area contributed by atoms with Crippen molar-refractivity contribution in [2.24, 2.45) is 11.3 Å². The molecule has 0 saturated heterocycles. The molecule has 7 heteroatoms. The summed E-state index contributed by atoms with van der Waals surface area (Å²) < 4.78 is 5.30. The van der Waals surface area contributed by atoms with Crippen LogP contribution in [0.25, 0.3) is 6.08 Å². The van der Waals surface area contributed by atoms with Crippen molar-refractivity contribution in [3.63, 3.8) is 0 Å². The molecule has 0 spiro atoms. The molecule has 3 rings (SSSR count). The van der Waals surface area contributed by atoms with Crippen LogP contribution in [0.3, 0.4) is 0 Å². The lowest BCUT2D eigenvalue weighted by molar-refractivity contribution is -0.111. The van der Waals surface area contributed by atoms with Gasteiger partial charge in [0.05, 0.1) is 17.7 Å². The highest BCUT2D eigenvalue weighted by molar-refractivity contribution is 7.16. The van der Waals surface area contributed by atoms with Gasteiger partial charge in [-0.2, -0.15) is 5.26 Å². The first-order valence-corrected chi connectivity index (χ1v) is 11.3. The number of carbonyl (C=O) groups is 1. The molecule has 1 amide bonds. The number of anilines is 1. The van der Waals surface area contributed by atoms with Crippen LogP contribution >= 0.6 is 34.5 Å². The zero-order valence-corrected chi connectivity index (χ0v) is 19.8. The minimum absolute atomic E-state index is 0.220. The van der Waals surface area contributed by atoms with Crippen LogP contribution in [-0.4, -0.2) is 13.0 Å². The molecule has 0 fully saturated rings. The van der Waals surface area contributed by atoms with Crippen LogP contribution in [0.15, 0.2) is 18.2 Å². The standard InChI is InChI=1S/C23H24Cl2N2O2S/c1-23(2,3)14-6-7-16-17(12-26)22(30-19(16)10-14)27-20(28)8-5-13-9-15(24)11-18(25)21(13)29-4/h5,8-9,11,14H,6-7,10H2,1-4H3,(H,27,28). The molecule has 1 aromatic heterocycles. The van der Waals surface area contributed by atoms with Crippen LogP contribution in [0.2, 0.25) is 10.0 Å². The number of nitrogens with one attached hydrogen (secondary N) is 1. The summed E-state index contributed by atoms with van der Waals surface area (Å²) >= 11 is 13.7. The van der Waals surface area contributed by atoms with E-state index in [1.807, 2.05) is 0 Å². The summed E-state index contributed by atoms with van der Waals surface area (Å²) in [6.45, 7) is 6.77. The molecule has 0 saturated carbocycles. The van der Waals surface area contributed by atoms with E-state index in [0.29, 0.717) is 37.8 Å². The Bertz CT molecular complexity index is 1040. The Balaban J connectivity index is 1.81. The van der Waals surface area contributed by atoms with Gasteiger partial charge in [0.25, 0.3) is 0 Å². The van der Waals surface area contributed by atoms with Gasteiger partial charge in [-0.15, -0.1) is 11.3 Å². The number of hydrogen-bond donors (Lipinski definition) is 1. The molecular formula is C23H24Cl2N2O2S. The summed E-state index contributed by atoms with van der Waals surface area (Å²) in [6, 6.07) is 5.54. The smallest absolute Gasteiger partial charge is 0.249 e. The van der Waals surface area contributed by atoms with Crippen LogP contribution in [0.5, 0.6) is 5.75 Å². The van der Waals surface area contributed by atoms with Gasteiger partial charge in [-0.25, -0.2) is 0 Å². The summed E-state index contributed by atoms with van der Waals surface area (Å²) in [5.41, 5.74) is 2.50. The fourth-order valence-electron chi connectivity index (χ4n) is 3.77. The molecule has 158 valence electrons. The summed E-state index contributed by atoms with van der Waals surface area (Å²) in [7, 11) is 1.51. The van der Waals surface area contributed by atoms with Gasteiger partial charge in [0.1, 0.15) is 16.8 Å². The number of carbonyl (C=O) groups excluding carboxylic acids is 1. The molecule has 1 heterocycles. The Hall–Kier alpha value is -2.00. The maximum atomic E-state index is 12.6. The molecule has 1 unspecified atom stereocenters. The van der Waals surface area contributed by atoms with E-state index in [-0.39, 0.29) is 11.3 Å². The van der Waals surface area contributed by atoms with Gasteiger partial charge in [0, 0.05) is 21.5 Å². The predicted molar refractivity (Wildman–Crippen MR) is 125 cm³/mol. The van der Waals surface area contributed by atoms with E-state index in [1.54, 1.807) is 18.2 Å². The third-order valence-electron chi connectivity index (χ3n) is 5.49. The van der Waals surface area contributed by atoms with Gasteiger partial charge in [-0.3, -0.25) is 4.79 Å². The van der Waals surface area contributed by atoms with Crippen molar-refractivity contribution in [2.75, 3.05) is 12.4 Å². The lowest BCUT2D eigenvalue weighted by Crippen LogP contribution is -2.26. The van der Waals surface area contributed by atoms with Gasteiger partial charge in [-0.1, -0.05) is 44.0 Å². The number of ether oxygens (including phenoxy) is 1. The average Bonchev–Trinajstić information content (AvgIpc) is 3.01. The summed E-state index contributed by atoms with van der Waals surface area (Å²) in [5, 5.41) is 14.0. The lowest BCUT2D eigenvalue weighted by Gasteiger charge is -2.33. The normalized spacial score (nSPS) is 16.2. The van der Waals surface area contributed by atoms with E-state index in [0.717, 1.165) is 24.8 Å². The number of fused-ring (bicyclic) bond motifs is 1. The first-order chi connectivity index (χ1) is 14.1. The molecule has 1 atom stereocenters. The number of rotatable bonds is 4. The Morgan fingerprint density at radius 3 is 2.73 bits per heavy atom. The van der Waals surface area contributed by atoms with E-state index in [4.69, 9.17) is 27.9 Å². The lowest BCUT2D eigenvalue weighted by atomic mass is 9.72. The van der Waals surface area contributed by atoms with Crippen molar-refractivity contribution in [1.82, 2.24) is 0 Å². The summed E-state index contributed by atoms with van der Waals surface area (Å²) in [5.74, 6) is 0.692. The number of amides is 1. The number of nitrogens with zero attached hydrogens (tertiary/aromatic N) is 1. The maximum Gasteiger partial charge on any atom is 0.249 e. The van der Waals surface area contributed by atoms with Crippen LogP contribution in [0.1, 0.15) is 48.8 Å². The monoisotopic (exact) mass is 462 g/mol. The number of benzene rings is 1. The van der Waals surface area contributed by atoms with Gasteiger partial charge < -0.3 is 10.1 Å². The molecule has 0 radical (unpaired) electrons. The average molecular weight is 463 g/mol. The molecule has 0 bridgehead atoms. The number of hydrogen-bond acceptors (Lipinski definition) is 4. The van der Waals surface area contributed by atoms with Crippen molar-refractivity contribution in [2.45, 2.75) is 40.0 Å². The van der Waals surface area contributed by atoms with Crippen molar-refractivity contribution in [3.8, 4) is 11.8 Å². The minimum Gasteiger partial charge on any atom is -0.495 e. The molecule has 4 nitrogen and oxygen atoms in total. The molecule has 0 aliphatic heterocycles. The first-order valence-electron chi connectivity index (χ1n) is 9.70. The SMILES string of the molecule is COc1c(Cl)cc(Cl)cc1C=CC(=O)Nc1sc2c(c1C#N)CCC(C(C)(C)C)C2. The highest BCUT2D eigenvalue weighted by Gasteiger charge is 2.32. The highest BCUT2D eigenvalue weighted by atomic mass is 35.5. The van der Waals surface area contributed by atoms with E-state index >= 15 is 0 Å². The number of halogens is 2. The van der Waals surface area contributed by atoms with Crippen molar-refractivity contribution in [1.29, 1.82) is 5.26 Å². The Labute approximate surface area is 191 Å². The van der Waals surface area contributed by atoms with Gasteiger partial charge >= 0.3 is 0 Å². The van der Waals surface area contributed by atoms with Crippen LogP contribution in [-0.2, 0) is 17.6 Å². The Morgan fingerprint density at radius 1 is 1.37 bits per heavy atom. The van der Waals surface area contributed by atoms with E-state index in [9.17, 15) is 10.1 Å². The third-order valence-corrected chi connectivity index (χ3v) is 7.16. The summed E-state index contributed by atoms with van der Waals surface area (Å²) in [4.78, 5) is 13.8. The topological polar surface area (TPSA) is 62.1 Å². The fraction of sp³-hybridized carbons (Fsp3) is 0.391. The zero-order valence-electron chi connectivity index (χ0n) is 17.4. The van der Waals surface area contributed by atoms with E-state index < -0.39 is 0 Å². The second kappa shape index (κ2) is 9.01. The number of methoxy groups -OCH3 is 1. The first kappa shape index (κ1) is 22.7. The van der Waals surface area contributed by atoms with Gasteiger partial charge in [0.2, 0.25) is 5.91 Å². The Kier molecular flexibility index (Phi) is 6.81. The number of thiophene rings is 1. The zero-order chi connectivity index (χ0) is 22.1. The van der Waals surface area contributed by atoms with Gasteiger partial charge in [-0.05, 0) is 54.4 Å². The third kappa shape index (κ3) is 4.83. The Morgan fingerprint density at radius 2 is 2.10 bits per heavy atom. The maximum absolute atomic E-state index is 12.6. The van der Waals surface area contributed by atoms with Gasteiger partial charge in [0.15, 0.2) is 0 Å². The minimum atomic E-state index is -0.324. The molecular weight excluding hydrogens is 439 g/mol. The van der Waals surface area contributed by atoms with Crippen molar-refractivity contribution in [3.05, 3.63) is 49.8 Å². The van der Waals surface area contributed by atoms with E-state index in [1.165, 1.54) is 29.4 Å².